The third kappa shape index (κ3) is 5.34. The number of Topliss-reactive ketones (excluding diaryl/α,β-unsaturated/α-hetero) is 1. The highest BCUT2D eigenvalue weighted by Gasteiger charge is 2.31. The van der Waals surface area contributed by atoms with Crippen molar-refractivity contribution in [3.05, 3.63) is 80.2 Å². The van der Waals surface area contributed by atoms with Crippen molar-refractivity contribution in [2.45, 2.75) is 13.5 Å². The number of carbonyl (C=O) groups excluding carboxylic acids is 2. The van der Waals surface area contributed by atoms with E-state index in [0.717, 1.165) is 13.9 Å². The summed E-state index contributed by atoms with van der Waals surface area (Å²) in [5.41, 5.74) is 0.0873. The zero-order valence-corrected chi connectivity index (χ0v) is 18.5. The standard InChI is InChI=1S/C21H19BrN4O5/c1-3-31-21(29)19-20(28)26(23-12-14-4-10-17(30-2)11-5-14)24-25(19)13-18(27)15-6-8-16(22)9-7-15/h4-12H,3,13H2,1-2H3/p+1/b23-12-. The van der Waals surface area contributed by atoms with Gasteiger partial charge in [0.25, 0.3) is 0 Å². The predicted octanol–water partition coefficient (Wildman–Crippen LogP) is 2.18. The number of ether oxygens (including phenoxy) is 2. The lowest BCUT2D eigenvalue weighted by molar-refractivity contribution is -0.744. The van der Waals surface area contributed by atoms with Gasteiger partial charge in [0.15, 0.2) is 6.54 Å². The molecule has 0 aliphatic carbocycles. The predicted molar refractivity (Wildman–Crippen MR) is 116 cm³/mol. The topological polar surface area (TPSA) is 107 Å². The summed E-state index contributed by atoms with van der Waals surface area (Å²) in [4.78, 5) is 38.6. The van der Waals surface area contributed by atoms with Gasteiger partial charge in [0.2, 0.25) is 5.78 Å². The Balaban J connectivity index is 1.92. The van der Waals surface area contributed by atoms with Crippen LogP contribution < -0.4 is 15.0 Å². The van der Waals surface area contributed by atoms with Crippen molar-refractivity contribution in [1.82, 2.24) is 10.0 Å². The van der Waals surface area contributed by atoms with Crippen LogP contribution in [0.4, 0.5) is 0 Å². The maximum absolute atomic E-state index is 12.7. The molecule has 0 unspecified atom stereocenters. The van der Waals surface area contributed by atoms with E-state index in [1.54, 1.807) is 62.6 Å². The van der Waals surface area contributed by atoms with Gasteiger partial charge in [-0.1, -0.05) is 38.4 Å². The Morgan fingerprint density at radius 3 is 2.45 bits per heavy atom. The number of methoxy groups -OCH3 is 1. The highest BCUT2D eigenvalue weighted by molar-refractivity contribution is 9.10. The number of benzene rings is 2. The molecule has 0 spiro atoms. The van der Waals surface area contributed by atoms with E-state index in [-0.39, 0.29) is 24.6 Å². The van der Waals surface area contributed by atoms with E-state index in [1.165, 1.54) is 6.21 Å². The van der Waals surface area contributed by atoms with Crippen LogP contribution in [0.1, 0.15) is 33.3 Å². The summed E-state index contributed by atoms with van der Waals surface area (Å²) in [7, 11) is 1.56. The maximum Gasteiger partial charge on any atom is 0.434 e. The van der Waals surface area contributed by atoms with Crippen molar-refractivity contribution in [3.8, 4) is 5.75 Å². The molecule has 1 N–H and O–H groups in total. The Labute approximate surface area is 186 Å². The number of nitrogens with zero attached hydrogens (tertiary/aromatic N) is 3. The third-order valence-corrected chi connectivity index (χ3v) is 4.78. The van der Waals surface area contributed by atoms with Crippen LogP contribution >= 0.6 is 15.9 Å². The Morgan fingerprint density at radius 2 is 1.84 bits per heavy atom. The van der Waals surface area contributed by atoms with Crippen LogP contribution in [0.5, 0.6) is 5.75 Å². The molecule has 0 bridgehead atoms. The van der Waals surface area contributed by atoms with E-state index >= 15 is 0 Å². The van der Waals surface area contributed by atoms with Gasteiger partial charge in [-0.2, -0.15) is 0 Å². The van der Waals surface area contributed by atoms with Crippen molar-refractivity contribution in [1.29, 1.82) is 0 Å². The molecule has 0 amide bonds. The van der Waals surface area contributed by atoms with Gasteiger partial charge in [0.1, 0.15) is 5.75 Å². The fraction of sp³-hybridized carbons (Fsp3) is 0.190. The van der Waals surface area contributed by atoms with Crippen LogP contribution in [-0.2, 0) is 11.3 Å². The van der Waals surface area contributed by atoms with Crippen LogP contribution in [0.3, 0.4) is 0 Å². The number of H-pyrrole nitrogens is 1. The number of halogens is 1. The first-order chi connectivity index (χ1) is 14.9. The summed E-state index contributed by atoms with van der Waals surface area (Å²) < 4.78 is 12.0. The van der Waals surface area contributed by atoms with Crippen molar-refractivity contribution < 1.29 is 23.7 Å². The first-order valence-corrected chi connectivity index (χ1v) is 10.1. The van der Waals surface area contributed by atoms with E-state index in [4.69, 9.17) is 9.47 Å². The number of hydrogen-bond acceptors (Lipinski definition) is 6. The normalized spacial score (nSPS) is 10.9. The Kier molecular flexibility index (Phi) is 7.14. The molecule has 1 heterocycles. The van der Waals surface area contributed by atoms with Crippen molar-refractivity contribution in [2.24, 2.45) is 5.10 Å². The van der Waals surface area contributed by atoms with Crippen LogP contribution in [-0.4, -0.2) is 41.7 Å². The van der Waals surface area contributed by atoms with Crippen LogP contribution in [0.2, 0.25) is 0 Å². The largest absolute Gasteiger partial charge is 0.497 e. The Bertz CT molecular complexity index is 1160. The average molecular weight is 488 g/mol. The molecule has 0 radical (unpaired) electrons. The van der Waals surface area contributed by atoms with E-state index in [1.807, 2.05) is 0 Å². The number of esters is 1. The quantitative estimate of drug-likeness (QED) is 0.227. The van der Waals surface area contributed by atoms with E-state index in [0.29, 0.717) is 16.9 Å². The summed E-state index contributed by atoms with van der Waals surface area (Å²) in [6.07, 6.45) is 1.44. The van der Waals surface area contributed by atoms with Crippen molar-refractivity contribution >= 4 is 33.9 Å². The lowest BCUT2D eigenvalue weighted by Gasteiger charge is -2.01. The summed E-state index contributed by atoms with van der Waals surface area (Å²) in [6.45, 7) is 1.44. The molecule has 2 aromatic carbocycles. The second-order valence-electron chi connectivity index (χ2n) is 6.32. The molecule has 1 aromatic heterocycles. The molecule has 3 rings (SSSR count). The highest BCUT2D eigenvalue weighted by atomic mass is 79.9. The van der Waals surface area contributed by atoms with Crippen LogP contribution in [0.15, 0.2) is 62.9 Å². The van der Waals surface area contributed by atoms with Gasteiger partial charge in [-0.15, -0.1) is 4.68 Å². The fourth-order valence-corrected chi connectivity index (χ4v) is 2.96. The van der Waals surface area contributed by atoms with Gasteiger partial charge in [0.05, 0.1) is 19.9 Å². The Morgan fingerprint density at radius 1 is 1.16 bits per heavy atom. The molecule has 0 aliphatic rings. The smallest absolute Gasteiger partial charge is 0.434 e. The van der Waals surface area contributed by atoms with Gasteiger partial charge in [-0.05, 0) is 48.9 Å². The minimum atomic E-state index is -0.842. The van der Waals surface area contributed by atoms with E-state index in [2.05, 4.69) is 26.2 Å². The first kappa shape index (κ1) is 22.2. The number of carbonyl (C=O) groups is 2. The number of aromatic nitrogens is 3. The molecule has 0 aliphatic heterocycles. The summed E-state index contributed by atoms with van der Waals surface area (Å²) in [5, 5.41) is 6.75. The average Bonchev–Trinajstić information content (AvgIpc) is 3.08. The number of nitrogens with one attached hydrogen (secondary N) is 1. The van der Waals surface area contributed by atoms with Gasteiger partial charge < -0.3 is 9.47 Å². The van der Waals surface area contributed by atoms with Gasteiger partial charge in [-0.3, -0.25) is 4.79 Å². The summed E-state index contributed by atoms with van der Waals surface area (Å²) >= 11 is 3.32. The van der Waals surface area contributed by atoms with Gasteiger partial charge in [-0.25, -0.2) is 9.59 Å². The van der Waals surface area contributed by atoms with Gasteiger partial charge >= 0.3 is 17.2 Å². The molecule has 31 heavy (non-hydrogen) atoms. The Hall–Kier alpha value is -3.53. The SMILES string of the molecule is CCOC(=O)c1c(=O)n(/N=C\c2ccc(OC)cc2)[nH][n+]1CC(=O)c1ccc(Br)cc1. The third-order valence-electron chi connectivity index (χ3n) is 4.26. The maximum atomic E-state index is 12.7. The molecule has 0 saturated carbocycles. The number of ketones is 1. The molecular formula is C21H20BrN4O5+. The molecule has 9 nitrogen and oxygen atoms in total. The van der Waals surface area contributed by atoms with Crippen molar-refractivity contribution in [2.75, 3.05) is 13.7 Å². The molecule has 160 valence electrons. The molecular weight excluding hydrogens is 468 g/mol. The second-order valence-corrected chi connectivity index (χ2v) is 7.24. The number of aromatic amines is 1. The number of rotatable bonds is 8. The molecule has 0 fully saturated rings. The summed E-state index contributed by atoms with van der Waals surface area (Å²) in [6, 6.07) is 13.8. The van der Waals surface area contributed by atoms with E-state index in [9.17, 15) is 14.4 Å². The van der Waals surface area contributed by atoms with Crippen LogP contribution in [0, 0.1) is 0 Å². The van der Waals surface area contributed by atoms with Gasteiger partial charge in [0, 0.05) is 14.8 Å². The van der Waals surface area contributed by atoms with E-state index < -0.39 is 11.5 Å². The molecule has 10 heteroatoms. The molecule has 3 aromatic rings. The first-order valence-electron chi connectivity index (χ1n) is 9.32. The minimum Gasteiger partial charge on any atom is -0.497 e. The second kappa shape index (κ2) is 9.98. The number of hydrogen-bond donors (Lipinski definition) is 1. The molecule has 0 atom stereocenters. The fourth-order valence-electron chi connectivity index (χ4n) is 2.70. The van der Waals surface area contributed by atoms with Crippen LogP contribution in [0.25, 0.3) is 0 Å². The zero-order valence-electron chi connectivity index (χ0n) is 16.9. The lowest BCUT2D eigenvalue weighted by Crippen LogP contribution is -2.46. The highest BCUT2D eigenvalue weighted by Crippen LogP contribution is 2.11. The molecule has 0 saturated heterocycles. The summed E-state index contributed by atoms with van der Waals surface area (Å²) in [5.74, 6) is -0.454. The minimum absolute atomic E-state index is 0.0826. The lowest BCUT2D eigenvalue weighted by atomic mass is 10.1. The zero-order chi connectivity index (χ0) is 22.4. The van der Waals surface area contributed by atoms with Crippen molar-refractivity contribution in [3.63, 3.8) is 0 Å². The monoisotopic (exact) mass is 487 g/mol.